The van der Waals surface area contributed by atoms with Gasteiger partial charge < -0.3 is 29.4 Å². The van der Waals surface area contributed by atoms with Crippen LogP contribution in [0.1, 0.15) is 12.0 Å². The van der Waals surface area contributed by atoms with E-state index in [0.717, 1.165) is 14.8 Å². The highest BCUT2D eigenvalue weighted by molar-refractivity contribution is 7.89. The number of carbonyl (C=O) groups is 1. The van der Waals surface area contributed by atoms with E-state index in [9.17, 15) is 23.4 Å². The number of carbonyl (C=O) groups excluding carboxylic acids is 1. The van der Waals surface area contributed by atoms with Crippen LogP contribution in [0.4, 0.5) is 4.79 Å². The molecule has 0 aliphatic carbocycles. The fourth-order valence-corrected chi connectivity index (χ4v) is 5.17. The first-order valence-electron chi connectivity index (χ1n) is 10.6. The molecule has 0 bridgehead atoms. The summed E-state index contributed by atoms with van der Waals surface area (Å²) in [7, 11) is -1.08. The molecule has 10 heteroatoms. The van der Waals surface area contributed by atoms with Crippen LogP contribution in [0, 0.1) is 0 Å². The van der Waals surface area contributed by atoms with E-state index < -0.39 is 34.3 Å². The molecule has 180 valence electrons. The highest BCUT2D eigenvalue weighted by atomic mass is 32.2. The van der Waals surface area contributed by atoms with Crippen molar-refractivity contribution in [2.75, 3.05) is 33.9 Å². The summed E-state index contributed by atoms with van der Waals surface area (Å²) < 4.78 is 37.5. The topological polar surface area (TPSA) is 119 Å². The maximum Gasteiger partial charge on any atom is 0.242 e. The van der Waals surface area contributed by atoms with Crippen LogP contribution in [0.2, 0.25) is 0 Å². The maximum absolute atomic E-state index is 13.0. The van der Waals surface area contributed by atoms with E-state index >= 15 is 0 Å². The third-order valence-electron chi connectivity index (χ3n) is 5.81. The Bertz CT molecular complexity index is 1010. The van der Waals surface area contributed by atoms with Crippen LogP contribution in [0.5, 0.6) is 5.75 Å². The Hall–Kier alpha value is -2.66. The van der Waals surface area contributed by atoms with Gasteiger partial charge in [0.2, 0.25) is 10.0 Å². The summed E-state index contributed by atoms with van der Waals surface area (Å²) >= 11 is 0. The normalized spacial score (nSPS) is 18.1. The molecule has 3 rings (SSSR count). The maximum atomic E-state index is 13.0. The van der Waals surface area contributed by atoms with E-state index in [2.05, 4.69) is 0 Å². The Morgan fingerprint density at radius 1 is 1.21 bits per heavy atom. The number of carboxylic acid groups (broad SMARTS) is 1. The zero-order valence-electron chi connectivity index (χ0n) is 18.7. The fraction of sp³-hybridized carbons (Fsp3) is 0.435. The van der Waals surface area contributed by atoms with E-state index in [4.69, 9.17) is 9.47 Å². The van der Waals surface area contributed by atoms with E-state index in [1.54, 1.807) is 0 Å². The second kappa shape index (κ2) is 11.0. The number of rotatable bonds is 10. The summed E-state index contributed by atoms with van der Waals surface area (Å²) in [4.78, 5) is 13.2. The summed E-state index contributed by atoms with van der Waals surface area (Å²) in [6.45, 7) is 0.309. The lowest BCUT2D eigenvalue weighted by Crippen LogP contribution is -2.59. The van der Waals surface area contributed by atoms with Gasteiger partial charge in [0.1, 0.15) is 11.8 Å². The van der Waals surface area contributed by atoms with E-state index in [-0.39, 0.29) is 24.5 Å². The summed E-state index contributed by atoms with van der Waals surface area (Å²) in [6, 6.07) is 13.7. The van der Waals surface area contributed by atoms with Gasteiger partial charge in [-0.1, -0.05) is 30.3 Å². The molecule has 3 atom stereocenters. The molecule has 1 N–H and O–H groups in total. The van der Waals surface area contributed by atoms with Gasteiger partial charge >= 0.3 is 0 Å². The SMILES string of the molecule is COc1ccc(S(=O)(=O)N(C)C[C@@H](O)[C@H](Cc2ccccc2)N(C(=O)[O-])[C@H]2CCOC2)cc1. The lowest BCUT2D eigenvalue weighted by molar-refractivity contribution is -0.272. The molecule has 1 aliphatic rings. The number of hydrogen-bond acceptors (Lipinski definition) is 7. The zero-order chi connectivity index (χ0) is 24.0. The van der Waals surface area contributed by atoms with Crippen LogP contribution >= 0.6 is 0 Å². The molecular weight excluding hydrogens is 448 g/mol. The number of aliphatic hydroxyl groups excluding tert-OH is 1. The first-order chi connectivity index (χ1) is 15.7. The van der Waals surface area contributed by atoms with Crippen LogP contribution < -0.4 is 9.84 Å². The Labute approximate surface area is 194 Å². The van der Waals surface area contributed by atoms with E-state index in [0.29, 0.717) is 18.8 Å². The number of sulfonamides is 1. The zero-order valence-corrected chi connectivity index (χ0v) is 19.5. The van der Waals surface area contributed by atoms with Gasteiger partial charge in [0.25, 0.3) is 0 Å². The van der Waals surface area contributed by atoms with Crippen LogP contribution in [-0.4, -0.2) is 80.9 Å². The quantitative estimate of drug-likeness (QED) is 0.536. The number of aliphatic hydroxyl groups is 1. The first kappa shape index (κ1) is 25.0. The van der Waals surface area contributed by atoms with Crippen LogP contribution in [-0.2, 0) is 21.2 Å². The largest absolute Gasteiger partial charge is 0.530 e. The minimum absolute atomic E-state index is 0.0403. The van der Waals surface area contributed by atoms with Gasteiger partial charge in [0.05, 0.1) is 36.8 Å². The summed E-state index contributed by atoms with van der Waals surface area (Å²) in [6.07, 6.45) is -2.05. The molecule has 2 aromatic rings. The van der Waals surface area contributed by atoms with Gasteiger partial charge in [-0.05, 0) is 42.7 Å². The average molecular weight is 478 g/mol. The number of methoxy groups -OCH3 is 1. The Kier molecular flexibility index (Phi) is 8.30. The van der Waals surface area contributed by atoms with Gasteiger partial charge in [0.15, 0.2) is 0 Å². The summed E-state index contributed by atoms with van der Waals surface area (Å²) in [5, 5.41) is 23.2. The predicted molar refractivity (Wildman–Crippen MR) is 119 cm³/mol. The van der Waals surface area contributed by atoms with Gasteiger partial charge in [-0.15, -0.1) is 0 Å². The van der Waals surface area contributed by atoms with Crippen LogP contribution in [0.3, 0.4) is 0 Å². The molecule has 0 aromatic heterocycles. The third kappa shape index (κ3) is 6.02. The molecule has 0 spiro atoms. The molecule has 0 saturated carbocycles. The molecule has 0 radical (unpaired) electrons. The fourth-order valence-electron chi connectivity index (χ4n) is 3.98. The van der Waals surface area contributed by atoms with Crippen molar-refractivity contribution in [3.63, 3.8) is 0 Å². The number of nitrogens with zero attached hydrogens (tertiary/aromatic N) is 2. The number of likely N-dealkylation sites (N-methyl/N-ethyl adjacent to an activating group) is 1. The molecular formula is C23H29N2O7S-. The molecule has 1 amide bonds. The average Bonchev–Trinajstić information content (AvgIpc) is 3.33. The van der Waals surface area contributed by atoms with E-state index in [1.165, 1.54) is 38.4 Å². The monoisotopic (exact) mass is 477 g/mol. The lowest BCUT2D eigenvalue weighted by Gasteiger charge is -2.41. The van der Waals surface area contributed by atoms with Crippen LogP contribution in [0.15, 0.2) is 59.5 Å². The second-order valence-electron chi connectivity index (χ2n) is 7.98. The molecule has 1 aliphatic heterocycles. The molecule has 1 saturated heterocycles. The predicted octanol–water partition coefficient (Wildman–Crippen LogP) is 0.722. The number of amides is 1. The van der Waals surface area contributed by atoms with Crippen molar-refractivity contribution in [3.8, 4) is 5.75 Å². The molecule has 33 heavy (non-hydrogen) atoms. The molecule has 0 unspecified atom stereocenters. The van der Waals surface area contributed by atoms with Gasteiger partial charge in [-0.2, -0.15) is 4.31 Å². The summed E-state index contributed by atoms with van der Waals surface area (Å²) in [5.74, 6) is 0.517. The van der Waals surface area contributed by atoms with Crippen molar-refractivity contribution in [2.45, 2.75) is 35.9 Å². The molecule has 1 fully saturated rings. The minimum atomic E-state index is -3.92. The highest BCUT2D eigenvalue weighted by Crippen LogP contribution is 2.23. The number of ether oxygens (including phenoxy) is 2. The molecule has 9 nitrogen and oxygen atoms in total. The van der Waals surface area contributed by atoms with Crippen molar-refractivity contribution in [2.24, 2.45) is 0 Å². The van der Waals surface area contributed by atoms with Crippen molar-refractivity contribution < 1.29 is 32.9 Å². The van der Waals surface area contributed by atoms with Gasteiger partial charge in [0, 0.05) is 20.2 Å². The van der Waals surface area contributed by atoms with Crippen molar-refractivity contribution in [1.29, 1.82) is 0 Å². The number of benzene rings is 2. The molecule has 1 heterocycles. The highest BCUT2D eigenvalue weighted by Gasteiger charge is 2.35. The van der Waals surface area contributed by atoms with Crippen molar-refractivity contribution in [1.82, 2.24) is 9.21 Å². The van der Waals surface area contributed by atoms with Crippen molar-refractivity contribution in [3.05, 3.63) is 60.2 Å². The van der Waals surface area contributed by atoms with Gasteiger partial charge in [-0.25, -0.2) is 8.42 Å². The Morgan fingerprint density at radius 2 is 1.88 bits per heavy atom. The van der Waals surface area contributed by atoms with Crippen LogP contribution in [0.25, 0.3) is 0 Å². The Morgan fingerprint density at radius 3 is 2.42 bits per heavy atom. The minimum Gasteiger partial charge on any atom is -0.530 e. The molecule has 2 aromatic carbocycles. The smallest absolute Gasteiger partial charge is 0.242 e. The second-order valence-corrected chi connectivity index (χ2v) is 10.0. The Balaban J connectivity index is 1.84. The van der Waals surface area contributed by atoms with Crippen molar-refractivity contribution >= 4 is 16.1 Å². The standard InChI is InChI=1S/C23H30N2O7S/c1-24(33(29,30)20-10-8-19(31-2)9-11-20)15-22(26)21(14-17-6-4-3-5-7-17)25(23(27)28)18-12-13-32-16-18/h3-11,18,21-22,26H,12-16H2,1-2H3,(H,27,28)/p-1/t18-,21-,22+/m0/s1. The lowest BCUT2D eigenvalue weighted by atomic mass is 9.98. The third-order valence-corrected chi connectivity index (χ3v) is 7.65. The number of hydrogen-bond donors (Lipinski definition) is 1. The first-order valence-corrected chi connectivity index (χ1v) is 12.1. The van der Waals surface area contributed by atoms with Gasteiger partial charge in [-0.3, -0.25) is 0 Å². The summed E-state index contributed by atoms with van der Waals surface area (Å²) in [5.41, 5.74) is 0.812. The van der Waals surface area contributed by atoms with E-state index in [1.807, 2.05) is 30.3 Å².